The van der Waals surface area contributed by atoms with Crippen molar-refractivity contribution in [1.82, 2.24) is 0 Å². The first-order valence-corrected chi connectivity index (χ1v) is 7.83. The van der Waals surface area contributed by atoms with Crippen molar-refractivity contribution in [2.75, 3.05) is 11.4 Å². The lowest BCUT2D eigenvalue weighted by Crippen LogP contribution is -2.55. The van der Waals surface area contributed by atoms with Crippen molar-refractivity contribution in [2.24, 2.45) is 0 Å². The Labute approximate surface area is 134 Å². The molecule has 22 heavy (non-hydrogen) atoms. The van der Waals surface area contributed by atoms with Crippen molar-refractivity contribution in [2.45, 2.75) is 45.1 Å². The van der Waals surface area contributed by atoms with Gasteiger partial charge in [-0.25, -0.2) is 0 Å². The van der Waals surface area contributed by atoms with E-state index in [-0.39, 0.29) is 12.3 Å². The maximum absolute atomic E-state index is 12.9. The van der Waals surface area contributed by atoms with E-state index in [4.69, 9.17) is 21.4 Å². The van der Waals surface area contributed by atoms with E-state index in [0.29, 0.717) is 42.3 Å². The van der Waals surface area contributed by atoms with Crippen molar-refractivity contribution in [3.63, 3.8) is 0 Å². The van der Waals surface area contributed by atoms with E-state index in [2.05, 4.69) is 0 Å². The lowest BCUT2D eigenvalue weighted by molar-refractivity contribution is -0.138. The largest absolute Gasteiger partial charge is 0.481 e. The van der Waals surface area contributed by atoms with Crippen LogP contribution in [0.5, 0.6) is 5.75 Å². The Morgan fingerprint density at radius 2 is 2.05 bits per heavy atom. The average Bonchev–Trinajstić information content (AvgIpc) is 2.49. The van der Waals surface area contributed by atoms with Gasteiger partial charge in [-0.1, -0.05) is 25.4 Å². The highest BCUT2D eigenvalue weighted by Gasteiger charge is 2.45. The average molecular weight is 326 g/mol. The van der Waals surface area contributed by atoms with Crippen LogP contribution in [0.15, 0.2) is 18.2 Å². The van der Waals surface area contributed by atoms with Crippen LogP contribution in [0.3, 0.4) is 0 Å². The molecule has 0 spiro atoms. The number of halogens is 1. The topological polar surface area (TPSA) is 66.8 Å². The van der Waals surface area contributed by atoms with Gasteiger partial charge in [0.05, 0.1) is 5.69 Å². The Morgan fingerprint density at radius 3 is 2.64 bits per heavy atom. The molecule has 0 atom stereocenters. The highest BCUT2D eigenvalue weighted by atomic mass is 35.5. The molecule has 1 aromatic rings. The monoisotopic (exact) mass is 325 g/mol. The highest BCUT2D eigenvalue weighted by Crippen LogP contribution is 2.41. The number of fused-ring (bicyclic) bond motifs is 1. The van der Waals surface area contributed by atoms with Gasteiger partial charge < -0.3 is 14.7 Å². The van der Waals surface area contributed by atoms with Crippen LogP contribution in [0.2, 0.25) is 5.02 Å². The first kappa shape index (κ1) is 16.6. The zero-order chi connectivity index (χ0) is 16.3. The number of hydrogen-bond donors (Lipinski definition) is 1. The minimum atomic E-state index is -0.885. The van der Waals surface area contributed by atoms with Gasteiger partial charge in [0.15, 0.2) is 5.60 Å². The van der Waals surface area contributed by atoms with Gasteiger partial charge in [-0.2, -0.15) is 0 Å². The fraction of sp³-hybridized carbons (Fsp3) is 0.500. The second-order valence-electron chi connectivity index (χ2n) is 5.37. The molecule has 1 aliphatic rings. The Balaban J connectivity index is 2.37. The van der Waals surface area contributed by atoms with Crippen LogP contribution in [0.1, 0.15) is 39.5 Å². The van der Waals surface area contributed by atoms with Crippen LogP contribution in [-0.4, -0.2) is 29.1 Å². The van der Waals surface area contributed by atoms with Crippen molar-refractivity contribution in [1.29, 1.82) is 0 Å². The molecule has 0 fully saturated rings. The number of carboxylic acids is 1. The van der Waals surface area contributed by atoms with Crippen LogP contribution in [-0.2, 0) is 9.59 Å². The van der Waals surface area contributed by atoms with Gasteiger partial charge in [0, 0.05) is 18.0 Å². The van der Waals surface area contributed by atoms with E-state index in [1.807, 2.05) is 13.8 Å². The molecular weight excluding hydrogens is 306 g/mol. The molecule has 0 aromatic heterocycles. The van der Waals surface area contributed by atoms with Crippen LogP contribution in [0.4, 0.5) is 5.69 Å². The Bertz CT molecular complexity index is 584. The second-order valence-corrected chi connectivity index (χ2v) is 5.81. The number of aliphatic carboxylic acids is 1. The zero-order valence-corrected chi connectivity index (χ0v) is 13.5. The summed E-state index contributed by atoms with van der Waals surface area (Å²) in [6.45, 7) is 4.17. The fourth-order valence-electron chi connectivity index (χ4n) is 2.70. The van der Waals surface area contributed by atoms with Gasteiger partial charge in [-0.3, -0.25) is 9.59 Å². The highest BCUT2D eigenvalue weighted by molar-refractivity contribution is 6.31. The molecule has 5 nitrogen and oxygen atoms in total. The summed E-state index contributed by atoms with van der Waals surface area (Å²) in [5.74, 6) is -0.384. The number of carbonyl (C=O) groups excluding carboxylic acids is 1. The summed E-state index contributed by atoms with van der Waals surface area (Å²) in [6.07, 6.45) is 1.52. The Hall–Kier alpha value is -1.75. The van der Waals surface area contributed by atoms with Crippen molar-refractivity contribution < 1.29 is 19.4 Å². The summed E-state index contributed by atoms with van der Waals surface area (Å²) in [5, 5.41) is 9.31. The van der Waals surface area contributed by atoms with E-state index in [0.717, 1.165) is 0 Å². The van der Waals surface area contributed by atoms with Gasteiger partial charge in [0.25, 0.3) is 5.91 Å². The van der Waals surface area contributed by atoms with Gasteiger partial charge in [0.1, 0.15) is 5.75 Å². The number of carbonyl (C=O) groups is 2. The van der Waals surface area contributed by atoms with Crippen molar-refractivity contribution in [3.8, 4) is 5.75 Å². The Kier molecular flexibility index (Phi) is 4.96. The number of hydrogen-bond acceptors (Lipinski definition) is 3. The third-order valence-corrected chi connectivity index (χ3v) is 4.30. The molecule has 1 aromatic carbocycles. The van der Waals surface area contributed by atoms with Gasteiger partial charge in [0.2, 0.25) is 0 Å². The number of amides is 1. The summed E-state index contributed by atoms with van der Waals surface area (Å²) < 4.78 is 5.98. The van der Waals surface area contributed by atoms with Gasteiger partial charge in [-0.05, 0) is 37.5 Å². The summed E-state index contributed by atoms with van der Waals surface area (Å²) >= 11 is 6.03. The third kappa shape index (κ3) is 3.04. The normalized spacial score (nSPS) is 16.1. The summed E-state index contributed by atoms with van der Waals surface area (Å²) in [7, 11) is 0. The van der Waals surface area contributed by atoms with Gasteiger partial charge >= 0.3 is 5.97 Å². The van der Waals surface area contributed by atoms with E-state index < -0.39 is 11.6 Å². The second kappa shape index (κ2) is 6.57. The van der Waals surface area contributed by atoms with Gasteiger partial charge in [-0.15, -0.1) is 0 Å². The summed E-state index contributed by atoms with van der Waals surface area (Å²) in [4.78, 5) is 25.2. The fourth-order valence-corrected chi connectivity index (χ4v) is 2.87. The van der Waals surface area contributed by atoms with Crippen LogP contribution in [0.25, 0.3) is 0 Å². The number of benzene rings is 1. The minimum Gasteiger partial charge on any atom is -0.481 e. The maximum atomic E-state index is 12.9. The summed E-state index contributed by atoms with van der Waals surface area (Å²) in [5.41, 5.74) is -0.273. The third-order valence-electron chi connectivity index (χ3n) is 4.07. The molecule has 0 aliphatic carbocycles. The van der Waals surface area contributed by atoms with E-state index in [1.165, 1.54) is 0 Å². The molecule has 1 amide bonds. The molecular formula is C16H20ClNO4. The Morgan fingerprint density at radius 1 is 1.36 bits per heavy atom. The molecule has 1 heterocycles. The summed E-state index contributed by atoms with van der Waals surface area (Å²) in [6, 6.07) is 5.17. The predicted octanol–water partition coefficient (Wildman–Crippen LogP) is 3.49. The first-order chi connectivity index (χ1) is 10.4. The van der Waals surface area contributed by atoms with E-state index >= 15 is 0 Å². The number of carboxylic acid groups (broad SMARTS) is 1. The molecule has 0 radical (unpaired) electrons. The molecule has 0 bridgehead atoms. The lowest BCUT2D eigenvalue weighted by Gasteiger charge is -2.42. The quantitative estimate of drug-likeness (QED) is 0.869. The minimum absolute atomic E-state index is 0.0196. The zero-order valence-electron chi connectivity index (χ0n) is 12.8. The molecule has 0 saturated heterocycles. The van der Waals surface area contributed by atoms with Crippen LogP contribution in [0, 0.1) is 0 Å². The number of nitrogens with zero attached hydrogens (tertiary/aromatic N) is 1. The molecule has 120 valence electrons. The molecule has 1 N–H and O–H groups in total. The lowest BCUT2D eigenvalue weighted by atomic mass is 9.92. The predicted molar refractivity (Wildman–Crippen MR) is 84.6 cm³/mol. The molecule has 2 rings (SSSR count). The van der Waals surface area contributed by atoms with Crippen LogP contribution < -0.4 is 9.64 Å². The maximum Gasteiger partial charge on any atom is 0.303 e. The van der Waals surface area contributed by atoms with Crippen LogP contribution >= 0.6 is 11.6 Å². The number of ether oxygens (including phenoxy) is 1. The standard InChI is InChI=1S/C16H20ClNO4/c1-3-16(4-2)15(21)18(9-5-6-14(19)20)12-10-11(17)7-8-13(12)22-16/h7-8,10H,3-6,9H2,1-2H3,(H,19,20). The molecule has 0 unspecified atom stereocenters. The molecule has 1 aliphatic heterocycles. The van der Waals surface area contributed by atoms with Crippen molar-refractivity contribution >= 4 is 29.2 Å². The number of anilines is 1. The smallest absolute Gasteiger partial charge is 0.303 e. The first-order valence-electron chi connectivity index (χ1n) is 7.46. The number of rotatable bonds is 6. The van der Waals surface area contributed by atoms with E-state index in [1.54, 1.807) is 23.1 Å². The molecule has 0 saturated carbocycles. The van der Waals surface area contributed by atoms with E-state index in [9.17, 15) is 9.59 Å². The van der Waals surface area contributed by atoms with Crippen molar-refractivity contribution in [3.05, 3.63) is 23.2 Å². The molecule has 6 heteroatoms. The SMILES string of the molecule is CCC1(CC)Oc2ccc(Cl)cc2N(CCCC(=O)O)C1=O.